The van der Waals surface area contributed by atoms with Crippen LogP contribution in [0.15, 0.2) is 48.1 Å². The van der Waals surface area contributed by atoms with E-state index in [0.717, 1.165) is 17.5 Å². The molecule has 1 aliphatic carbocycles. The standard InChI is InChI=1S/C21H26O/c1-6-15(2)8-7-9-16(3)17-10-11-19-18(14-17)20(22)12-13-21(19,4)5/h6-11,14H,12-13H2,1-5H3/b8-7+,15-6+,16-9+. The molecule has 0 radical (unpaired) electrons. The summed E-state index contributed by atoms with van der Waals surface area (Å²) in [6.07, 6.45) is 9.95. The van der Waals surface area contributed by atoms with Crippen LogP contribution in [0.25, 0.3) is 5.57 Å². The Morgan fingerprint density at radius 1 is 1.23 bits per heavy atom. The molecular formula is C21H26O. The number of rotatable bonds is 3. The Kier molecular flexibility index (Phi) is 4.85. The Bertz CT molecular complexity index is 669. The first-order valence-electron chi connectivity index (χ1n) is 8.01. The zero-order valence-electron chi connectivity index (χ0n) is 14.4. The van der Waals surface area contributed by atoms with Crippen molar-refractivity contribution in [3.05, 3.63) is 64.8 Å². The van der Waals surface area contributed by atoms with Gasteiger partial charge in [-0.25, -0.2) is 0 Å². The van der Waals surface area contributed by atoms with Gasteiger partial charge >= 0.3 is 0 Å². The highest BCUT2D eigenvalue weighted by Crippen LogP contribution is 2.37. The maximum atomic E-state index is 12.2. The van der Waals surface area contributed by atoms with Gasteiger partial charge in [-0.05, 0) is 55.4 Å². The maximum Gasteiger partial charge on any atom is 0.163 e. The van der Waals surface area contributed by atoms with Crippen LogP contribution in [-0.4, -0.2) is 5.78 Å². The molecule has 22 heavy (non-hydrogen) atoms. The molecular weight excluding hydrogens is 268 g/mol. The van der Waals surface area contributed by atoms with Gasteiger partial charge in [-0.3, -0.25) is 4.79 Å². The van der Waals surface area contributed by atoms with Gasteiger partial charge in [0.25, 0.3) is 0 Å². The monoisotopic (exact) mass is 294 g/mol. The molecule has 0 aliphatic heterocycles. The summed E-state index contributed by atoms with van der Waals surface area (Å²) < 4.78 is 0. The number of ketones is 1. The van der Waals surface area contributed by atoms with E-state index in [-0.39, 0.29) is 11.2 Å². The zero-order valence-corrected chi connectivity index (χ0v) is 14.4. The van der Waals surface area contributed by atoms with E-state index in [1.165, 1.54) is 16.7 Å². The number of carbonyl (C=O) groups excluding carboxylic acids is 1. The molecule has 0 heterocycles. The summed E-state index contributed by atoms with van der Waals surface area (Å²) in [6.45, 7) is 10.7. The molecule has 0 aromatic heterocycles. The molecule has 0 saturated carbocycles. The minimum absolute atomic E-state index is 0.0995. The third kappa shape index (κ3) is 3.47. The van der Waals surface area contributed by atoms with Crippen LogP contribution >= 0.6 is 0 Å². The molecule has 0 bridgehead atoms. The van der Waals surface area contributed by atoms with Crippen LogP contribution in [0.3, 0.4) is 0 Å². The first-order chi connectivity index (χ1) is 10.3. The number of hydrogen-bond acceptors (Lipinski definition) is 1. The molecule has 1 aromatic carbocycles. The largest absolute Gasteiger partial charge is 0.294 e. The van der Waals surface area contributed by atoms with Crippen LogP contribution in [0.1, 0.15) is 68.9 Å². The third-order valence-electron chi connectivity index (χ3n) is 4.64. The molecule has 1 aromatic rings. The number of benzene rings is 1. The molecule has 1 aliphatic rings. The van der Waals surface area contributed by atoms with Gasteiger partial charge in [-0.15, -0.1) is 0 Å². The van der Waals surface area contributed by atoms with Crippen molar-refractivity contribution in [2.45, 2.75) is 52.9 Å². The van der Waals surface area contributed by atoms with E-state index in [4.69, 9.17) is 0 Å². The molecule has 2 rings (SSSR count). The van der Waals surface area contributed by atoms with Crippen molar-refractivity contribution < 1.29 is 4.79 Å². The summed E-state index contributed by atoms with van der Waals surface area (Å²) in [7, 11) is 0. The maximum absolute atomic E-state index is 12.2. The molecule has 0 N–H and O–H groups in total. The summed E-state index contributed by atoms with van der Waals surface area (Å²) in [4.78, 5) is 12.2. The average Bonchev–Trinajstić information content (AvgIpc) is 2.50. The summed E-state index contributed by atoms with van der Waals surface area (Å²) >= 11 is 0. The van der Waals surface area contributed by atoms with Crippen molar-refractivity contribution in [3.8, 4) is 0 Å². The fourth-order valence-electron chi connectivity index (χ4n) is 2.84. The molecule has 0 fully saturated rings. The second-order valence-corrected chi connectivity index (χ2v) is 6.81. The van der Waals surface area contributed by atoms with Crippen LogP contribution in [0.5, 0.6) is 0 Å². The number of Topliss-reactive ketones (excluding diaryl/α,β-unsaturated/α-hetero) is 1. The molecule has 1 heteroatoms. The Labute approximate surface area is 134 Å². The third-order valence-corrected chi connectivity index (χ3v) is 4.64. The van der Waals surface area contributed by atoms with E-state index in [9.17, 15) is 4.79 Å². The molecule has 0 spiro atoms. The second kappa shape index (κ2) is 6.48. The van der Waals surface area contributed by atoms with E-state index in [0.29, 0.717) is 6.42 Å². The first kappa shape index (κ1) is 16.5. The Balaban J connectivity index is 2.35. The topological polar surface area (TPSA) is 17.1 Å². The predicted molar refractivity (Wildman–Crippen MR) is 95.3 cm³/mol. The van der Waals surface area contributed by atoms with Crippen molar-refractivity contribution in [1.82, 2.24) is 0 Å². The number of allylic oxidation sites excluding steroid dienone is 6. The average molecular weight is 294 g/mol. The smallest absolute Gasteiger partial charge is 0.163 e. The molecule has 0 saturated heterocycles. The molecule has 0 unspecified atom stereocenters. The van der Waals surface area contributed by atoms with Crippen molar-refractivity contribution in [2.75, 3.05) is 0 Å². The molecule has 0 atom stereocenters. The van der Waals surface area contributed by atoms with Crippen LogP contribution in [0.4, 0.5) is 0 Å². The van der Waals surface area contributed by atoms with Crippen molar-refractivity contribution in [3.63, 3.8) is 0 Å². The van der Waals surface area contributed by atoms with Crippen LogP contribution in [0.2, 0.25) is 0 Å². The lowest BCUT2D eigenvalue weighted by Gasteiger charge is -2.32. The molecule has 1 nitrogen and oxygen atoms in total. The molecule has 0 amide bonds. The van der Waals surface area contributed by atoms with E-state index >= 15 is 0 Å². The number of hydrogen-bond donors (Lipinski definition) is 0. The van der Waals surface area contributed by atoms with Crippen LogP contribution in [0, 0.1) is 0 Å². The van der Waals surface area contributed by atoms with Crippen LogP contribution < -0.4 is 0 Å². The Morgan fingerprint density at radius 3 is 2.64 bits per heavy atom. The van der Waals surface area contributed by atoms with Gasteiger partial charge in [0.1, 0.15) is 0 Å². The van der Waals surface area contributed by atoms with E-state index in [2.05, 4.69) is 70.2 Å². The van der Waals surface area contributed by atoms with Gasteiger partial charge in [0.05, 0.1) is 0 Å². The quantitative estimate of drug-likeness (QED) is 0.637. The fourth-order valence-corrected chi connectivity index (χ4v) is 2.84. The highest BCUT2D eigenvalue weighted by Gasteiger charge is 2.31. The van der Waals surface area contributed by atoms with Crippen molar-refractivity contribution in [1.29, 1.82) is 0 Å². The minimum Gasteiger partial charge on any atom is -0.294 e. The molecule has 116 valence electrons. The number of fused-ring (bicyclic) bond motifs is 1. The lowest BCUT2D eigenvalue weighted by Crippen LogP contribution is -2.27. The van der Waals surface area contributed by atoms with Gasteiger partial charge in [-0.1, -0.05) is 55.9 Å². The second-order valence-electron chi connectivity index (χ2n) is 6.81. The number of carbonyl (C=O) groups is 1. The summed E-state index contributed by atoms with van der Waals surface area (Å²) in [5.74, 6) is 0.282. The van der Waals surface area contributed by atoms with E-state index < -0.39 is 0 Å². The zero-order chi connectivity index (χ0) is 16.3. The minimum atomic E-state index is 0.0995. The van der Waals surface area contributed by atoms with Gasteiger partial charge in [-0.2, -0.15) is 0 Å². The summed E-state index contributed by atoms with van der Waals surface area (Å²) in [5, 5.41) is 0. The lowest BCUT2D eigenvalue weighted by molar-refractivity contribution is 0.0956. The predicted octanol–water partition coefficient (Wildman–Crippen LogP) is 5.87. The van der Waals surface area contributed by atoms with Crippen LogP contribution in [-0.2, 0) is 5.41 Å². The lowest BCUT2D eigenvalue weighted by atomic mass is 9.72. The highest BCUT2D eigenvalue weighted by molar-refractivity contribution is 5.99. The van der Waals surface area contributed by atoms with Gasteiger partial charge in [0.2, 0.25) is 0 Å². The summed E-state index contributed by atoms with van der Waals surface area (Å²) in [6, 6.07) is 6.35. The fraction of sp³-hybridized carbons (Fsp3) is 0.381. The highest BCUT2D eigenvalue weighted by atomic mass is 16.1. The van der Waals surface area contributed by atoms with E-state index in [1.807, 2.05) is 6.92 Å². The van der Waals surface area contributed by atoms with Crippen molar-refractivity contribution in [2.24, 2.45) is 0 Å². The van der Waals surface area contributed by atoms with E-state index in [1.54, 1.807) is 0 Å². The Morgan fingerprint density at radius 2 is 1.95 bits per heavy atom. The van der Waals surface area contributed by atoms with Gasteiger partial charge < -0.3 is 0 Å². The van der Waals surface area contributed by atoms with Crippen molar-refractivity contribution >= 4 is 11.4 Å². The Hall–Kier alpha value is -1.89. The summed E-state index contributed by atoms with van der Waals surface area (Å²) in [5.41, 5.74) is 5.76. The first-order valence-corrected chi connectivity index (χ1v) is 8.01. The normalized spacial score (nSPS) is 18.7. The SMILES string of the molecule is C/C=C(C)/C=C/C=C(\C)c1ccc2c(c1)C(=O)CCC2(C)C. The van der Waals surface area contributed by atoms with Gasteiger partial charge in [0.15, 0.2) is 5.78 Å². The van der Waals surface area contributed by atoms with Gasteiger partial charge in [0, 0.05) is 12.0 Å².